The maximum absolute atomic E-state index is 13.5. The predicted octanol–water partition coefficient (Wildman–Crippen LogP) is 4.80. The Morgan fingerprint density at radius 3 is 1.95 bits per heavy atom. The van der Waals surface area contributed by atoms with E-state index in [0.29, 0.717) is 17.7 Å². The van der Waals surface area contributed by atoms with Gasteiger partial charge in [-0.3, -0.25) is 9.59 Å². The Hall–Kier alpha value is -4.70. The van der Waals surface area contributed by atoms with Crippen molar-refractivity contribution in [1.82, 2.24) is 0 Å². The number of fused-ring (bicyclic) bond motifs is 2. The summed E-state index contributed by atoms with van der Waals surface area (Å²) in [7, 11) is 0. The Morgan fingerprint density at radius 2 is 1.33 bits per heavy atom. The lowest BCUT2D eigenvalue weighted by Crippen LogP contribution is -2.46. The van der Waals surface area contributed by atoms with E-state index in [1.807, 2.05) is 50.2 Å². The van der Waals surface area contributed by atoms with Crippen molar-refractivity contribution >= 4 is 11.0 Å². The molecule has 3 aromatic carbocycles. The number of aliphatic hydroxyl groups excluding tert-OH is 3. The van der Waals surface area contributed by atoms with E-state index in [1.54, 1.807) is 12.1 Å². The Balaban J connectivity index is 1.43. The largest absolute Gasteiger partial charge is 0.504 e. The van der Waals surface area contributed by atoms with Crippen LogP contribution in [0.4, 0.5) is 0 Å². The molecule has 1 aliphatic rings. The van der Waals surface area contributed by atoms with E-state index < -0.39 is 41.0 Å². The van der Waals surface area contributed by atoms with Crippen LogP contribution in [0.25, 0.3) is 33.6 Å². The molecule has 6 rings (SSSR count). The molecular weight excluding hydrogens is 552 g/mol. The van der Waals surface area contributed by atoms with Crippen molar-refractivity contribution < 1.29 is 34.0 Å². The first-order valence-corrected chi connectivity index (χ1v) is 14.1. The standard InChI is InChI=1S/C34H30O9/c1-3-17-9-5-7-11-19(17)25-14-22(35)21-13-28(23(36)15-27(21)41-25)43-34-29-24(37)16-26(20-12-8-6-10-18(20)4-2)42-33(29)31(39)30(38)32(34)40/h5-16,30-32,34,36,38-40H,3-4H2,1-2H3/t30-,31-,32-,34-/m0/s1. The second-order valence-electron chi connectivity index (χ2n) is 10.5. The summed E-state index contributed by atoms with van der Waals surface area (Å²) in [5.74, 6) is -0.386. The third-order valence-corrected chi connectivity index (χ3v) is 7.94. The van der Waals surface area contributed by atoms with Gasteiger partial charge in [-0.05, 0) is 30.0 Å². The van der Waals surface area contributed by atoms with Crippen LogP contribution in [0, 0.1) is 0 Å². The molecule has 9 heteroatoms. The van der Waals surface area contributed by atoms with Crippen LogP contribution in [0.5, 0.6) is 11.5 Å². The number of aryl methyl sites for hydroxylation is 2. The highest BCUT2D eigenvalue weighted by molar-refractivity contribution is 5.82. The quantitative estimate of drug-likeness (QED) is 0.221. The molecule has 0 saturated carbocycles. The molecule has 1 aliphatic carbocycles. The van der Waals surface area contributed by atoms with Gasteiger partial charge in [0.1, 0.15) is 41.2 Å². The molecule has 0 amide bonds. The maximum Gasteiger partial charge on any atom is 0.193 e. The molecule has 0 spiro atoms. The predicted molar refractivity (Wildman–Crippen MR) is 159 cm³/mol. The minimum Gasteiger partial charge on any atom is -0.504 e. The van der Waals surface area contributed by atoms with Crippen molar-refractivity contribution in [2.45, 2.75) is 51.1 Å². The van der Waals surface area contributed by atoms with Gasteiger partial charge in [-0.1, -0.05) is 62.4 Å². The molecule has 2 aromatic heterocycles. The molecule has 4 N–H and O–H groups in total. The highest BCUT2D eigenvalue weighted by atomic mass is 16.5. The van der Waals surface area contributed by atoms with E-state index in [4.69, 9.17) is 13.6 Å². The summed E-state index contributed by atoms with van der Waals surface area (Å²) in [5, 5.41) is 43.4. The average Bonchev–Trinajstić information content (AvgIpc) is 3.02. The van der Waals surface area contributed by atoms with Crippen LogP contribution in [0.3, 0.4) is 0 Å². The monoisotopic (exact) mass is 582 g/mol. The molecule has 0 aliphatic heterocycles. The van der Waals surface area contributed by atoms with Crippen LogP contribution >= 0.6 is 0 Å². The van der Waals surface area contributed by atoms with Gasteiger partial charge >= 0.3 is 0 Å². The third kappa shape index (κ3) is 4.91. The van der Waals surface area contributed by atoms with Gasteiger partial charge in [-0.15, -0.1) is 0 Å². The molecule has 0 fully saturated rings. The van der Waals surface area contributed by atoms with Crippen LogP contribution in [0.1, 0.15) is 48.5 Å². The Bertz CT molecular complexity index is 1950. The molecule has 0 bridgehead atoms. The van der Waals surface area contributed by atoms with Gasteiger partial charge in [-0.2, -0.15) is 0 Å². The van der Waals surface area contributed by atoms with E-state index in [-0.39, 0.29) is 33.8 Å². The number of hydrogen-bond donors (Lipinski definition) is 4. The highest BCUT2D eigenvalue weighted by Gasteiger charge is 2.46. The molecular formula is C34H30O9. The number of benzene rings is 3. The number of phenols is 1. The van der Waals surface area contributed by atoms with Gasteiger partial charge < -0.3 is 34.0 Å². The Morgan fingerprint density at radius 1 is 0.744 bits per heavy atom. The van der Waals surface area contributed by atoms with E-state index >= 15 is 0 Å². The van der Waals surface area contributed by atoms with Crippen molar-refractivity contribution in [3.8, 4) is 34.1 Å². The molecule has 9 nitrogen and oxygen atoms in total. The minimum absolute atomic E-state index is 0.0928. The summed E-state index contributed by atoms with van der Waals surface area (Å²) < 4.78 is 17.9. The van der Waals surface area contributed by atoms with Crippen molar-refractivity contribution in [1.29, 1.82) is 0 Å². The summed E-state index contributed by atoms with van der Waals surface area (Å²) in [6, 6.07) is 19.9. The minimum atomic E-state index is -1.77. The highest BCUT2D eigenvalue weighted by Crippen LogP contribution is 2.42. The fraction of sp³-hybridized carbons (Fsp3) is 0.235. The molecule has 0 saturated heterocycles. The van der Waals surface area contributed by atoms with Crippen LogP contribution in [-0.4, -0.2) is 32.6 Å². The van der Waals surface area contributed by atoms with Crippen molar-refractivity contribution in [2.24, 2.45) is 0 Å². The first-order valence-electron chi connectivity index (χ1n) is 14.1. The van der Waals surface area contributed by atoms with Gasteiger partial charge in [0.2, 0.25) is 0 Å². The number of rotatable bonds is 6. The van der Waals surface area contributed by atoms with Crippen molar-refractivity contribution in [3.05, 3.63) is 116 Å². The van der Waals surface area contributed by atoms with Crippen LogP contribution in [0.2, 0.25) is 0 Å². The topological polar surface area (TPSA) is 151 Å². The SMILES string of the molecule is CCc1ccccc1-c1cc(=O)c2c(o1)[C@@H](O)[C@H](O)[C@H](O)[C@H]2Oc1cc2c(=O)cc(-c3ccccc3CC)oc2cc1O. The summed E-state index contributed by atoms with van der Waals surface area (Å²) in [6.07, 6.45) is -5.40. The van der Waals surface area contributed by atoms with E-state index in [2.05, 4.69) is 0 Å². The number of aromatic hydroxyl groups is 1. The van der Waals surface area contributed by atoms with Gasteiger partial charge in [0.15, 0.2) is 28.5 Å². The van der Waals surface area contributed by atoms with E-state index in [0.717, 1.165) is 23.1 Å². The van der Waals surface area contributed by atoms with Gasteiger partial charge in [0.05, 0.1) is 10.9 Å². The summed E-state index contributed by atoms with van der Waals surface area (Å²) in [6.45, 7) is 3.95. The lowest BCUT2D eigenvalue weighted by atomic mass is 9.86. The normalized spacial score (nSPS) is 19.7. The molecule has 0 unspecified atom stereocenters. The zero-order chi connectivity index (χ0) is 30.4. The average molecular weight is 583 g/mol. The molecule has 2 heterocycles. The fourth-order valence-corrected chi connectivity index (χ4v) is 5.65. The van der Waals surface area contributed by atoms with Crippen molar-refractivity contribution in [3.63, 3.8) is 0 Å². The molecule has 5 aromatic rings. The number of phenolic OH excluding ortho intramolecular Hbond substituents is 1. The zero-order valence-corrected chi connectivity index (χ0v) is 23.5. The van der Waals surface area contributed by atoms with Gasteiger partial charge in [-0.25, -0.2) is 0 Å². The third-order valence-electron chi connectivity index (χ3n) is 7.94. The zero-order valence-electron chi connectivity index (χ0n) is 23.5. The van der Waals surface area contributed by atoms with Gasteiger partial charge in [0, 0.05) is 29.3 Å². The fourth-order valence-electron chi connectivity index (χ4n) is 5.65. The molecule has 4 atom stereocenters. The summed E-state index contributed by atoms with van der Waals surface area (Å²) in [5.41, 5.74) is 2.20. The van der Waals surface area contributed by atoms with Crippen LogP contribution < -0.4 is 15.6 Å². The Kier molecular flexibility index (Phi) is 7.39. The first kappa shape index (κ1) is 28.4. The van der Waals surface area contributed by atoms with E-state index in [1.165, 1.54) is 24.3 Å². The molecule has 43 heavy (non-hydrogen) atoms. The van der Waals surface area contributed by atoms with Gasteiger partial charge in [0.25, 0.3) is 0 Å². The Labute approximate surface area is 245 Å². The lowest BCUT2D eigenvalue weighted by molar-refractivity contribution is -0.121. The van der Waals surface area contributed by atoms with Crippen LogP contribution in [-0.2, 0) is 12.8 Å². The lowest BCUT2D eigenvalue weighted by Gasteiger charge is -2.35. The molecule has 0 radical (unpaired) electrons. The van der Waals surface area contributed by atoms with E-state index in [9.17, 15) is 30.0 Å². The van der Waals surface area contributed by atoms with Crippen LogP contribution in [0.15, 0.2) is 91.2 Å². The number of hydrogen-bond acceptors (Lipinski definition) is 9. The summed E-state index contributed by atoms with van der Waals surface area (Å²) >= 11 is 0. The first-order chi connectivity index (χ1) is 20.7. The maximum atomic E-state index is 13.5. The second kappa shape index (κ2) is 11.2. The van der Waals surface area contributed by atoms with Crippen molar-refractivity contribution in [2.75, 3.05) is 0 Å². The summed E-state index contributed by atoms with van der Waals surface area (Å²) in [4.78, 5) is 26.6. The number of ether oxygens (including phenoxy) is 1. The second-order valence-corrected chi connectivity index (χ2v) is 10.5. The number of aliphatic hydroxyl groups is 3. The smallest absolute Gasteiger partial charge is 0.193 e. The molecule has 220 valence electrons.